The lowest BCUT2D eigenvalue weighted by molar-refractivity contribution is 0.767. The Bertz CT molecular complexity index is 997. The summed E-state index contributed by atoms with van der Waals surface area (Å²) < 4.78 is 1.89. The SMILES string of the molecule is Clc1ccc(Cc2nn(-c3ccc(Cl)cc3Cl)c3c2CCCCN3)c(Cl)c1. The first-order valence-corrected chi connectivity index (χ1v) is 10.3. The van der Waals surface area contributed by atoms with Gasteiger partial charge in [-0.15, -0.1) is 0 Å². The van der Waals surface area contributed by atoms with Crippen molar-refractivity contribution in [3.63, 3.8) is 0 Å². The van der Waals surface area contributed by atoms with Crippen molar-refractivity contribution in [3.05, 3.63) is 73.3 Å². The average Bonchev–Trinajstić information content (AvgIpc) is 2.79. The molecular formula is C20H17Cl4N3. The van der Waals surface area contributed by atoms with E-state index in [9.17, 15) is 0 Å². The molecule has 0 unspecified atom stereocenters. The summed E-state index contributed by atoms with van der Waals surface area (Å²) in [5, 5.41) is 10.8. The number of hydrogen-bond acceptors (Lipinski definition) is 2. The van der Waals surface area contributed by atoms with E-state index < -0.39 is 0 Å². The van der Waals surface area contributed by atoms with Crippen LogP contribution in [0.5, 0.6) is 0 Å². The minimum absolute atomic E-state index is 0.565. The Labute approximate surface area is 178 Å². The first-order valence-electron chi connectivity index (χ1n) is 8.77. The monoisotopic (exact) mass is 439 g/mol. The highest BCUT2D eigenvalue weighted by atomic mass is 35.5. The second-order valence-electron chi connectivity index (χ2n) is 6.58. The Kier molecular flexibility index (Phi) is 5.56. The minimum atomic E-state index is 0.565. The summed E-state index contributed by atoms with van der Waals surface area (Å²) in [7, 11) is 0. The molecule has 4 rings (SSSR count). The largest absolute Gasteiger partial charge is 0.370 e. The first-order chi connectivity index (χ1) is 13.0. The highest BCUT2D eigenvalue weighted by molar-refractivity contribution is 6.36. The predicted molar refractivity (Wildman–Crippen MR) is 114 cm³/mol. The summed E-state index contributed by atoms with van der Waals surface area (Å²) in [5.41, 5.74) is 4.01. The molecule has 0 aliphatic carbocycles. The standard InChI is InChI=1S/C20H17Cl4N3/c21-13-5-4-12(16(23)10-13)9-18-15-3-1-2-8-25-20(15)27(26-18)19-7-6-14(22)11-17(19)24/h4-7,10-11,25H,1-3,8-9H2. The first kappa shape index (κ1) is 18.9. The lowest BCUT2D eigenvalue weighted by atomic mass is 10.0. The average molecular weight is 441 g/mol. The van der Waals surface area contributed by atoms with Crippen LogP contribution in [-0.2, 0) is 12.8 Å². The van der Waals surface area contributed by atoms with Crippen molar-refractivity contribution in [3.8, 4) is 5.69 Å². The molecule has 140 valence electrons. The van der Waals surface area contributed by atoms with Crippen LogP contribution >= 0.6 is 46.4 Å². The molecule has 3 aromatic rings. The maximum Gasteiger partial charge on any atom is 0.133 e. The molecule has 1 aliphatic rings. The van der Waals surface area contributed by atoms with Gasteiger partial charge in [-0.25, -0.2) is 4.68 Å². The molecule has 2 aromatic carbocycles. The number of nitrogens with one attached hydrogen (secondary N) is 1. The van der Waals surface area contributed by atoms with Crippen LogP contribution in [0.3, 0.4) is 0 Å². The Morgan fingerprint density at radius 3 is 2.41 bits per heavy atom. The number of fused-ring (bicyclic) bond motifs is 1. The van der Waals surface area contributed by atoms with Crippen LogP contribution in [0.15, 0.2) is 36.4 Å². The van der Waals surface area contributed by atoms with Gasteiger partial charge in [0.25, 0.3) is 0 Å². The lowest BCUT2D eigenvalue weighted by Crippen LogP contribution is -2.07. The Morgan fingerprint density at radius 1 is 0.926 bits per heavy atom. The van der Waals surface area contributed by atoms with Crippen molar-refractivity contribution in [1.29, 1.82) is 0 Å². The van der Waals surface area contributed by atoms with E-state index in [1.165, 1.54) is 5.56 Å². The van der Waals surface area contributed by atoms with Gasteiger partial charge < -0.3 is 5.32 Å². The van der Waals surface area contributed by atoms with Crippen molar-refractivity contribution in [2.45, 2.75) is 25.7 Å². The molecule has 0 saturated carbocycles. The van der Waals surface area contributed by atoms with E-state index in [-0.39, 0.29) is 0 Å². The van der Waals surface area contributed by atoms with E-state index in [4.69, 9.17) is 51.5 Å². The van der Waals surface area contributed by atoms with E-state index in [0.29, 0.717) is 26.5 Å². The third-order valence-corrected chi connectivity index (χ3v) is 5.85. The van der Waals surface area contributed by atoms with Gasteiger partial charge in [0.2, 0.25) is 0 Å². The molecule has 1 aromatic heterocycles. The molecule has 1 aliphatic heterocycles. The molecule has 2 heterocycles. The van der Waals surface area contributed by atoms with E-state index in [1.807, 2.05) is 28.9 Å². The number of benzene rings is 2. The van der Waals surface area contributed by atoms with Gasteiger partial charge in [-0.2, -0.15) is 5.10 Å². The van der Waals surface area contributed by atoms with Crippen LogP contribution in [0.25, 0.3) is 5.69 Å². The molecule has 7 heteroatoms. The van der Waals surface area contributed by atoms with Gasteiger partial charge in [0, 0.05) is 33.6 Å². The molecule has 0 saturated heterocycles. The van der Waals surface area contributed by atoms with E-state index in [1.54, 1.807) is 12.1 Å². The highest BCUT2D eigenvalue weighted by Crippen LogP contribution is 2.34. The van der Waals surface area contributed by atoms with E-state index >= 15 is 0 Å². The smallest absolute Gasteiger partial charge is 0.133 e. The van der Waals surface area contributed by atoms with Crippen molar-refractivity contribution >= 4 is 52.2 Å². The van der Waals surface area contributed by atoms with Gasteiger partial charge in [0.05, 0.1) is 16.4 Å². The van der Waals surface area contributed by atoms with Gasteiger partial charge in [-0.3, -0.25) is 0 Å². The second kappa shape index (κ2) is 7.92. The number of anilines is 1. The summed E-state index contributed by atoms with van der Waals surface area (Å²) >= 11 is 24.9. The zero-order valence-electron chi connectivity index (χ0n) is 14.4. The fourth-order valence-corrected chi connectivity index (χ4v) is 4.35. The molecule has 3 nitrogen and oxygen atoms in total. The fraction of sp³-hybridized carbons (Fsp3) is 0.250. The van der Waals surface area contributed by atoms with Crippen LogP contribution in [0.1, 0.15) is 29.7 Å². The summed E-state index contributed by atoms with van der Waals surface area (Å²) in [6.07, 6.45) is 3.83. The zero-order chi connectivity index (χ0) is 19.0. The molecule has 0 amide bonds. The van der Waals surface area contributed by atoms with Crippen molar-refractivity contribution < 1.29 is 0 Å². The predicted octanol–water partition coefficient (Wildman–Crippen LogP) is 6.82. The van der Waals surface area contributed by atoms with E-state index in [0.717, 1.165) is 48.6 Å². The van der Waals surface area contributed by atoms with Gasteiger partial charge in [0.15, 0.2) is 0 Å². The summed E-state index contributed by atoms with van der Waals surface area (Å²) in [6.45, 7) is 0.908. The molecule has 1 N–H and O–H groups in total. The van der Waals surface area contributed by atoms with Crippen LogP contribution in [0.2, 0.25) is 20.1 Å². The lowest BCUT2D eigenvalue weighted by Gasteiger charge is -2.11. The summed E-state index contributed by atoms with van der Waals surface area (Å²) in [6, 6.07) is 11.0. The van der Waals surface area contributed by atoms with Gasteiger partial charge in [0.1, 0.15) is 5.82 Å². The molecular weight excluding hydrogens is 424 g/mol. The third-order valence-electron chi connectivity index (χ3n) is 4.72. The number of hydrogen-bond donors (Lipinski definition) is 1. The quantitative estimate of drug-likeness (QED) is 0.483. The summed E-state index contributed by atoms with van der Waals surface area (Å²) in [5.74, 6) is 0.997. The van der Waals surface area contributed by atoms with Gasteiger partial charge in [-0.1, -0.05) is 52.5 Å². The zero-order valence-corrected chi connectivity index (χ0v) is 17.4. The Morgan fingerprint density at radius 2 is 1.67 bits per heavy atom. The molecule has 27 heavy (non-hydrogen) atoms. The number of halogens is 4. The number of nitrogens with zero attached hydrogens (tertiary/aromatic N) is 2. The van der Waals surface area contributed by atoms with Gasteiger partial charge >= 0.3 is 0 Å². The van der Waals surface area contributed by atoms with E-state index in [2.05, 4.69) is 5.32 Å². The fourth-order valence-electron chi connectivity index (χ4n) is 3.39. The van der Waals surface area contributed by atoms with Crippen molar-refractivity contribution in [2.24, 2.45) is 0 Å². The topological polar surface area (TPSA) is 29.9 Å². The molecule has 0 fully saturated rings. The second-order valence-corrected chi connectivity index (χ2v) is 8.27. The van der Waals surface area contributed by atoms with Crippen LogP contribution in [-0.4, -0.2) is 16.3 Å². The maximum atomic E-state index is 6.45. The summed E-state index contributed by atoms with van der Waals surface area (Å²) in [4.78, 5) is 0. The minimum Gasteiger partial charge on any atom is -0.370 e. The Hall–Kier alpha value is -1.39. The van der Waals surface area contributed by atoms with Crippen LogP contribution in [0, 0.1) is 0 Å². The van der Waals surface area contributed by atoms with Crippen LogP contribution in [0.4, 0.5) is 5.82 Å². The molecule has 0 radical (unpaired) electrons. The highest BCUT2D eigenvalue weighted by Gasteiger charge is 2.22. The number of rotatable bonds is 3. The van der Waals surface area contributed by atoms with Crippen molar-refractivity contribution in [2.75, 3.05) is 11.9 Å². The third kappa shape index (κ3) is 3.93. The van der Waals surface area contributed by atoms with Crippen LogP contribution < -0.4 is 5.32 Å². The Balaban J connectivity index is 1.81. The molecule has 0 bridgehead atoms. The molecule has 0 atom stereocenters. The number of aromatic nitrogens is 2. The van der Waals surface area contributed by atoms with Crippen molar-refractivity contribution in [1.82, 2.24) is 9.78 Å². The maximum absolute atomic E-state index is 6.45. The molecule has 0 spiro atoms. The normalized spacial score (nSPS) is 13.8. The van der Waals surface area contributed by atoms with Gasteiger partial charge in [-0.05, 0) is 55.2 Å².